The molecule has 1 unspecified atom stereocenters. The smallest absolute Gasteiger partial charge is 0.246 e. The van der Waals surface area contributed by atoms with Crippen molar-refractivity contribution in [3.05, 3.63) is 0 Å². The molecule has 2 saturated heterocycles. The van der Waals surface area contributed by atoms with E-state index in [0.29, 0.717) is 0 Å². The second-order valence-corrected chi connectivity index (χ2v) is 5.63. The summed E-state index contributed by atoms with van der Waals surface area (Å²) in [6, 6.07) is -0.390. The van der Waals surface area contributed by atoms with E-state index in [9.17, 15) is 14.7 Å². The number of rotatable bonds is 1. The van der Waals surface area contributed by atoms with Gasteiger partial charge in [-0.15, -0.1) is 0 Å². The highest BCUT2D eigenvalue weighted by atomic mass is 16.3. The van der Waals surface area contributed by atoms with E-state index in [2.05, 4.69) is 0 Å². The SMILES string of the molecule is O=C1CN([C@H]2CCC[C@@H]2O)C(=O)C2CCCCN12. The van der Waals surface area contributed by atoms with Crippen molar-refractivity contribution in [1.29, 1.82) is 0 Å². The Bertz CT molecular complexity index is 371. The minimum atomic E-state index is -0.447. The van der Waals surface area contributed by atoms with E-state index in [1.807, 2.05) is 0 Å². The maximum absolute atomic E-state index is 12.5. The van der Waals surface area contributed by atoms with Crippen LogP contribution in [0.2, 0.25) is 0 Å². The van der Waals surface area contributed by atoms with E-state index in [0.717, 1.165) is 45.1 Å². The largest absolute Gasteiger partial charge is 0.391 e. The fourth-order valence-corrected chi connectivity index (χ4v) is 3.56. The summed E-state index contributed by atoms with van der Waals surface area (Å²) in [5.74, 6) is 0.110. The molecule has 0 aromatic carbocycles. The summed E-state index contributed by atoms with van der Waals surface area (Å²) in [7, 11) is 0. The second kappa shape index (κ2) is 4.53. The Kier molecular flexibility index (Phi) is 3.01. The van der Waals surface area contributed by atoms with Crippen LogP contribution < -0.4 is 0 Å². The molecule has 2 aliphatic heterocycles. The lowest BCUT2D eigenvalue weighted by molar-refractivity contribution is -0.161. The van der Waals surface area contributed by atoms with Crippen LogP contribution >= 0.6 is 0 Å². The highest BCUT2D eigenvalue weighted by Crippen LogP contribution is 2.30. The molecule has 0 spiro atoms. The molecule has 5 heteroatoms. The fraction of sp³-hybridized carbons (Fsp3) is 0.846. The number of amides is 2. The molecule has 0 bridgehead atoms. The van der Waals surface area contributed by atoms with Gasteiger partial charge in [0.2, 0.25) is 11.8 Å². The summed E-state index contributed by atoms with van der Waals surface area (Å²) in [6.45, 7) is 0.882. The number of carbonyl (C=O) groups is 2. The van der Waals surface area contributed by atoms with Crippen LogP contribution in [0.3, 0.4) is 0 Å². The Morgan fingerprint density at radius 2 is 1.83 bits per heavy atom. The van der Waals surface area contributed by atoms with Crippen molar-refractivity contribution in [3.63, 3.8) is 0 Å². The predicted molar refractivity (Wildman–Crippen MR) is 64.7 cm³/mol. The number of fused-ring (bicyclic) bond motifs is 1. The molecule has 0 radical (unpaired) electrons. The third kappa shape index (κ3) is 1.81. The topological polar surface area (TPSA) is 60.9 Å². The number of carbonyl (C=O) groups excluding carboxylic acids is 2. The molecule has 3 aliphatic rings. The van der Waals surface area contributed by atoms with E-state index in [1.54, 1.807) is 9.80 Å². The number of aliphatic hydroxyl groups excluding tert-OH is 1. The number of nitrogens with zero attached hydrogens (tertiary/aromatic N) is 2. The molecule has 1 aliphatic carbocycles. The maximum Gasteiger partial charge on any atom is 0.246 e. The van der Waals surface area contributed by atoms with Gasteiger partial charge in [-0.3, -0.25) is 9.59 Å². The molecule has 0 aromatic heterocycles. The fourth-order valence-electron chi connectivity index (χ4n) is 3.56. The Labute approximate surface area is 107 Å². The molecular weight excluding hydrogens is 232 g/mol. The molecule has 3 fully saturated rings. The van der Waals surface area contributed by atoms with Crippen molar-refractivity contribution >= 4 is 11.8 Å². The van der Waals surface area contributed by atoms with Crippen molar-refractivity contribution in [2.45, 2.75) is 56.7 Å². The lowest BCUT2D eigenvalue weighted by Crippen LogP contribution is -2.64. The van der Waals surface area contributed by atoms with E-state index < -0.39 is 6.10 Å². The van der Waals surface area contributed by atoms with Crippen LogP contribution in [0.5, 0.6) is 0 Å². The number of hydrogen-bond donors (Lipinski definition) is 1. The maximum atomic E-state index is 12.5. The quantitative estimate of drug-likeness (QED) is 0.721. The average molecular weight is 252 g/mol. The number of piperidine rings is 1. The van der Waals surface area contributed by atoms with Crippen LogP contribution in [0.4, 0.5) is 0 Å². The van der Waals surface area contributed by atoms with Gasteiger partial charge in [0.15, 0.2) is 0 Å². The van der Waals surface area contributed by atoms with Crippen molar-refractivity contribution in [2.75, 3.05) is 13.1 Å². The molecule has 3 rings (SSSR count). The van der Waals surface area contributed by atoms with Crippen molar-refractivity contribution in [1.82, 2.24) is 9.80 Å². The van der Waals surface area contributed by atoms with Gasteiger partial charge in [-0.05, 0) is 38.5 Å². The zero-order valence-corrected chi connectivity index (χ0v) is 10.5. The highest BCUT2D eigenvalue weighted by Gasteiger charge is 2.45. The third-order valence-electron chi connectivity index (χ3n) is 4.54. The summed E-state index contributed by atoms with van der Waals surface area (Å²) in [5, 5.41) is 9.92. The molecule has 0 aromatic rings. The first kappa shape index (κ1) is 12.0. The zero-order valence-electron chi connectivity index (χ0n) is 10.5. The van der Waals surface area contributed by atoms with E-state index in [-0.39, 0.29) is 30.4 Å². The standard InChI is InChI=1S/C13H20N2O3/c16-11-6-3-5-9(11)15-8-12(17)14-7-2-1-4-10(14)13(15)18/h9-11,16H,1-8H2/t9-,10?,11-/m0/s1. The van der Waals surface area contributed by atoms with Gasteiger partial charge < -0.3 is 14.9 Å². The summed E-state index contributed by atoms with van der Waals surface area (Å²) in [4.78, 5) is 27.9. The Morgan fingerprint density at radius 1 is 1.00 bits per heavy atom. The first-order valence-electron chi connectivity index (χ1n) is 6.96. The lowest BCUT2D eigenvalue weighted by Gasteiger charge is -2.45. The van der Waals surface area contributed by atoms with Gasteiger partial charge in [-0.1, -0.05) is 0 Å². The van der Waals surface area contributed by atoms with Gasteiger partial charge in [-0.25, -0.2) is 0 Å². The summed E-state index contributed by atoms with van der Waals surface area (Å²) < 4.78 is 0. The van der Waals surface area contributed by atoms with E-state index >= 15 is 0 Å². The summed E-state index contributed by atoms with van der Waals surface area (Å²) in [5.41, 5.74) is 0. The van der Waals surface area contributed by atoms with E-state index in [4.69, 9.17) is 0 Å². The molecule has 3 atom stereocenters. The molecule has 100 valence electrons. The van der Waals surface area contributed by atoms with Crippen LogP contribution in [0.1, 0.15) is 38.5 Å². The third-order valence-corrected chi connectivity index (χ3v) is 4.54. The van der Waals surface area contributed by atoms with E-state index in [1.165, 1.54) is 0 Å². The molecule has 1 N–H and O–H groups in total. The lowest BCUT2D eigenvalue weighted by atomic mass is 9.97. The van der Waals surface area contributed by atoms with Crippen LogP contribution in [0.15, 0.2) is 0 Å². The first-order valence-corrected chi connectivity index (χ1v) is 6.96. The number of piperazine rings is 1. The van der Waals surface area contributed by atoms with Crippen molar-refractivity contribution in [3.8, 4) is 0 Å². The molecule has 18 heavy (non-hydrogen) atoms. The van der Waals surface area contributed by atoms with Gasteiger partial charge in [0.05, 0.1) is 12.1 Å². The van der Waals surface area contributed by atoms with Gasteiger partial charge in [0, 0.05) is 6.54 Å². The minimum Gasteiger partial charge on any atom is -0.391 e. The van der Waals surface area contributed by atoms with Crippen LogP contribution in [-0.4, -0.2) is 58.0 Å². The zero-order chi connectivity index (χ0) is 12.7. The normalized spacial score (nSPS) is 37.1. The summed E-state index contributed by atoms with van der Waals surface area (Å²) in [6.07, 6.45) is 4.87. The summed E-state index contributed by atoms with van der Waals surface area (Å²) >= 11 is 0. The predicted octanol–water partition coefficient (Wildman–Crippen LogP) is 0.123. The second-order valence-electron chi connectivity index (χ2n) is 5.63. The van der Waals surface area contributed by atoms with Crippen LogP contribution in [-0.2, 0) is 9.59 Å². The van der Waals surface area contributed by atoms with Crippen molar-refractivity contribution in [2.24, 2.45) is 0 Å². The van der Waals surface area contributed by atoms with Crippen LogP contribution in [0.25, 0.3) is 0 Å². The Hall–Kier alpha value is -1.10. The molecule has 5 nitrogen and oxygen atoms in total. The van der Waals surface area contributed by atoms with Gasteiger partial charge >= 0.3 is 0 Å². The van der Waals surface area contributed by atoms with Gasteiger partial charge in [0.1, 0.15) is 12.6 Å². The van der Waals surface area contributed by atoms with Crippen molar-refractivity contribution < 1.29 is 14.7 Å². The monoisotopic (exact) mass is 252 g/mol. The first-order chi connectivity index (χ1) is 8.68. The Morgan fingerprint density at radius 3 is 2.56 bits per heavy atom. The van der Waals surface area contributed by atoms with Gasteiger partial charge in [0.25, 0.3) is 0 Å². The number of aliphatic hydroxyl groups is 1. The average Bonchev–Trinajstić information content (AvgIpc) is 2.80. The van der Waals surface area contributed by atoms with Crippen LogP contribution in [0, 0.1) is 0 Å². The minimum absolute atomic E-state index is 0.0541. The molecule has 2 heterocycles. The van der Waals surface area contributed by atoms with Gasteiger partial charge in [-0.2, -0.15) is 0 Å². The molecular formula is C13H20N2O3. The Balaban J connectivity index is 1.80. The molecule has 1 saturated carbocycles. The number of hydrogen-bond acceptors (Lipinski definition) is 3. The highest BCUT2D eigenvalue weighted by molar-refractivity contribution is 5.95. The molecule has 2 amide bonds.